The van der Waals surface area contributed by atoms with Gasteiger partial charge in [-0.25, -0.2) is 4.68 Å². The molecule has 0 amide bonds. The van der Waals surface area contributed by atoms with Crippen LogP contribution in [0.1, 0.15) is 28.7 Å². The minimum atomic E-state index is -0.128. The topological polar surface area (TPSA) is 34.9 Å². The fourth-order valence-corrected chi connectivity index (χ4v) is 2.22. The SMILES string of the molecule is Cc1nn(C(=O)C(C)Cc2ccccc2)c(C)c1Cl. The highest BCUT2D eigenvalue weighted by molar-refractivity contribution is 6.32. The Kier molecular flexibility index (Phi) is 4.05. The lowest BCUT2D eigenvalue weighted by molar-refractivity contribution is 0.0824. The van der Waals surface area contributed by atoms with Gasteiger partial charge in [0.15, 0.2) is 0 Å². The molecule has 1 aromatic carbocycles. The molecule has 0 saturated carbocycles. The molecule has 0 spiro atoms. The summed E-state index contributed by atoms with van der Waals surface area (Å²) in [6, 6.07) is 9.98. The number of rotatable bonds is 3. The van der Waals surface area contributed by atoms with E-state index in [9.17, 15) is 4.79 Å². The molecule has 1 aromatic heterocycles. The molecular weight excluding hydrogens is 260 g/mol. The van der Waals surface area contributed by atoms with Crippen LogP contribution >= 0.6 is 11.6 Å². The number of aromatic nitrogens is 2. The van der Waals surface area contributed by atoms with Gasteiger partial charge in [-0.15, -0.1) is 0 Å². The lowest BCUT2D eigenvalue weighted by Gasteiger charge is -2.11. The molecule has 1 atom stereocenters. The van der Waals surface area contributed by atoms with Gasteiger partial charge in [0.1, 0.15) is 0 Å². The van der Waals surface area contributed by atoms with Gasteiger partial charge in [0.2, 0.25) is 5.91 Å². The number of hydrogen-bond donors (Lipinski definition) is 0. The molecular formula is C15H17ClN2O. The Morgan fingerprint density at radius 1 is 1.32 bits per heavy atom. The lowest BCUT2D eigenvalue weighted by atomic mass is 10.0. The third-order valence-electron chi connectivity index (χ3n) is 3.22. The first-order valence-electron chi connectivity index (χ1n) is 6.30. The molecule has 0 fully saturated rings. The summed E-state index contributed by atoms with van der Waals surface area (Å²) in [5, 5.41) is 4.78. The predicted octanol–water partition coefficient (Wildman–Crippen LogP) is 3.67. The van der Waals surface area contributed by atoms with Crippen LogP contribution in [0.5, 0.6) is 0 Å². The maximum Gasteiger partial charge on any atom is 0.250 e. The Labute approximate surface area is 118 Å². The van der Waals surface area contributed by atoms with Crippen LogP contribution in [-0.2, 0) is 6.42 Å². The number of aryl methyl sites for hydroxylation is 1. The normalized spacial score (nSPS) is 12.4. The summed E-state index contributed by atoms with van der Waals surface area (Å²) in [6.45, 7) is 5.54. The summed E-state index contributed by atoms with van der Waals surface area (Å²) in [5.74, 6) is -0.146. The van der Waals surface area contributed by atoms with Gasteiger partial charge in [-0.3, -0.25) is 4.79 Å². The van der Waals surface area contributed by atoms with Gasteiger partial charge in [-0.1, -0.05) is 48.9 Å². The second-order valence-corrected chi connectivity index (χ2v) is 5.20. The Morgan fingerprint density at radius 2 is 1.95 bits per heavy atom. The molecule has 4 heteroatoms. The average molecular weight is 277 g/mol. The van der Waals surface area contributed by atoms with Gasteiger partial charge in [0, 0.05) is 5.92 Å². The number of carbonyl (C=O) groups is 1. The summed E-state index contributed by atoms with van der Waals surface area (Å²) < 4.78 is 1.42. The fraction of sp³-hybridized carbons (Fsp3) is 0.333. The predicted molar refractivity (Wildman–Crippen MR) is 76.6 cm³/mol. The van der Waals surface area contributed by atoms with Gasteiger partial charge < -0.3 is 0 Å². The molecule has 0 N–H and O–H groups in total. The van der Waals surface area contributed by atoms with E-state index in [1.807, 2.05) is 44.2 Å². The van der Waals surface area contributed by atoms with E-state index in [1.54, 1.807) is 6.92 Å². The zero-order valence-corrected chi connectivity index (χ0v) is 12.1. The molecule has 100 valence electrons. The van der Waals surface area contributed by atoms with Crippen molar-refractivity contribution in [2.75, 3.05) is 0 Å². The first kappa shape index (κ1) is 13.8. The number of hydrogen-bond acceptors (Lipinski definition) is 2. The van der Waals surface area contributed by atoms with Crippen LogP contribution in [0.3, 0.4) is 0 Å². The summed E-state index contributed by atoms with van der Waals surface area (Å²) in [5.41, 5.74) is 2.56. The molecule has 3 nitrogen and oxygen atoms in total. The van der Waals surface area contributed by atoms with Crippen LogP contribution in [0, 0.1) is 19.8 Å². The molecule has 2 rings (SSSR count). The smallest absolute Gasteiger partial charge is 0.250 e. The van der Waals surface area contributed by atoms with E-state index < -0.39 is 0 Å². The Balaban J connectivity index is 2.17. The lowest BCUT2D eigenvalue weighted by Crippen LogP contribution is -2.23. The average Bonchev–Trinajstić information content (AvgIpc) is 2.67. The Bertz CT molecular complexity index is 590. The van der Waals surface area contributed by atoms with E-state index >= 15 is 0 Å². The largest absolute Gasteiger partial charge is 0.272 e. The molecule has 19 heavy (non-hydrogen) atoms. The van der Waals surface area contributed by atoms with E-state index in [2.05, 4.69) is 5.10 Å². The van der Waals surface area contributed by atoms with Crippen molar-refractivity contribution in [1.82, 2.24) is 9.78 Å². The molecule has 0 radical (unpaired) electrons. The summed E-state index contributed by atoms with van der Waals surface area (Å²) >= 11 is 6.07. The Morgan fingerprint density at radius 3 is 2.47 bits per heavy atom. The third-order valence-corrected chi connectivity index (χ3v) is 3.77. The molecule has 0 aliphatic heterocycles. The summed E-state index contributed by atoms with van der Waals surface area (Å²) in [4.78, 5) is 12.4. The van der Waals surface area contributed by atoms with Crippen LogP contribution in [0.2, 0.25) is 5.02 Å². The van der Waals surface area contributed by atoms with E-state index in [1.165, 1.54) is 4.68 Å². The van der Waals surface area contributed by atoms with Crippen LogP contribution in [0.15, 0.2) is 30.3 Å². The number of benzene rings is 1. The molecule has 1 unspecified atom stereocenters. The van der Waals surface area contributed by atoms with Crippen molar-refractivity contribution in [1.29, 1.82) is 0 Å². The summed E-state index contributed by atoms with van der Waals surface area (Å²) in [7, 11) is 0. The van der Waals surface area contributed by atoms with Gasteiger partial charge in [0.05, 0.1) is 16.4 Å². The maximum absolute atomic E-state index is 12.4. The van der Waals surface area contributed by atoms with Crippen molar-refractivity contribution >= 4 is 17.5 Å². The first-order valence-corrected chi connectivity index (χ1v) is 6.68. The number of nitrogens with zero attached hydrogens (tertiary/aromatic N) is 2. The van der Waals surface area contributed by atoms with Crippen molar-refractivity contribution in [3.63, 3.8) is 0 Å². The molecule has 0 bridgehead atoms. The quantitative estimate of drug-likeness (QED) is 0.857. The van der Waals surface area contributed by atoms with E-state index in [0.29, 0.717) is 22.8 Å². The number of carbonyl (C=O) groups excluding carboxylic acids is 1. The Hall–Kier alpha value is -1.61. The molecule has 0 aliphatic rings. The highest BCUT2D eigenvalue weighted by Gasteiger charge is 2.20. The van der Waals surface area contributed by atoms with Gasteiger partial charge >= 0.3 is 0 Å². The van der Waals surface area contributed by atoms with Gasteiger partial charge in [-0.2, -0.15) is 5.10 Å². The van der Waals surface area contributed by atoms with Gasteiger partial charge in [0.25, 0.3) is 0 Å². The van der Waals surface area contributed by atoms with E-state index in [-0.39, 0.29) is 11.8 Å². The molecule has 1 heterocycles. The van der Waals surface area contributed by atoms with Crippen LogP contribution < -0.4 is 0 Å². The highest BCUT2D eigenvalue weighted by atomic mass is 35.5. The second-order valence-electron chi connectivity index (χ2n) is 4.83. The van der Waals surface area contributed by atoms with Crippen molar-refractivity contribution in [3.05, 3.63) is 52.3 Å². The molecule has 0 saturated heterocycles. The standard InChI is InChI=1S/C15H17ClN2O/c1-10(9-13-7-5-4-6-8-13)15(19)18-12(3)14(16)11(2)17-18/h4-8,10H,9H2,1-3H3. The van der Waals surface area contributed by atoms with E-state index in [4.69, 9.17) is 11.6 Å². The van der Waals surface area contributed by atoms with Crippen LogP contribution in [0.25, 0.3) is 0 Å². The summed E-state index contributed by atoms with van der Waals surface area (Å²) in [6.07, 6.45) is 0.704. The molecule has 2 aromatic rings. The minimum absolute atomic E-state index is 0.0173. The first-order chi connectivity index (χ1) is 9.00. The van der Waals surface area contributed by atoms with Crippen molar-refractivity contribution in [3.8, 4) is 0 Å². The zero-order valence-electron chi connectivity index (χ0n) is 11.4. The zero-order chi connectivity index (χ0) is 14.0. The number of halogens is 1. The third kappa shape index (κ3) is 2.87. The van der Waals surface area contributed by atoms with E-state index in [0.717, 1.165) is 5.56 Å². The highest BCUT2D eigenvalue weighted by Crippen LogP contribution is 2.20. The van der Waals surface area contributed by atoms with Crippen molar-refractivity contribution < 1.29 is 4.79 Å². The van der Waals surface area contributed by atoms with Crippen molar-refractivity contribution in [2.45, 2.75) is 27.2 Å². The van der Waals surface area contributed by atoms with Crippen molar-refractivity contribution in [2.24, 2.45) is 5.92 Å². The van der Waals surface area contributed by atoms with Crippen LogP contribution in [0.4, 0.5) is 0 Å². The monoisotopic (exact) mass is 276 g/mol. The van der Waals surface area contributed by atoms with Gasteiger partial charge in [-0.05, 0) is 25.8 Å². The molecule has 0 aliphatic carbocycles. The maximum atomic E-state index is 12.4. The second kappa shape index (κ2) is 5.57. The fourth-order valence-electron chi connectivity index (χ4n) is 2.10. The van der Waals surface area contributed by atoms with Crippen LogP contribution in [-0.4, -0.2) is 15.7 Å². The minimum Gasteiger partial charge on any atom is -0.272 e.